The second kappa shape index (κ2) is 46.0. The zero-order valence-corrected chi connectivity index (χ0v) is 43.4. The van der Waals surface area contributed by atoms with E-state index >= 15 is 0 Å². The summed E-state index contributed by atoms with van der Waals surface area (Å²) in [6, 6.07) is -1.18. The molecule has 1 amide bonds. The van der Waals surface area contributed by atoms with Gasteiger partial charge >= 0.3 is 0 Å². The van der Waals surface area contributed by atoms with E-state index in [1.807, 2.05) is 0 Å². The van der Waals surface area contributed by atoms with Crippen LogP contribution in [0.25, 0.3) is 0 Å². The minimum atomic E-state index is -1.66. The van der Waals surface area contributed by atoms with E-state index in [0.717, 1.165) is 38.5 Å². The van der Waals surface area contributed by atoms with E-state index in [2.05, 4.69) is 31.3 Å². The molecular weight excluding hydrogens is 847 g/mol. The zero-order chi connectivity index (χ0) is 49.0. The molecule has 1 fully saturated rings. The summed E-state index contributed by atoms with van der Waals surface area (Å²) in [6.45, 7) is 3.47. The Hall–Kier alpha value is -1.15. The molecule has 0 radical (unpaired) electrons. The standard InChI is InChI=1S/C56H109NO10/c1-3-5-7-9-11-13-15-17-19-21-23-25-27-29-31-33-35-37-39-41-43-48(59)51(61)47(46-66-56-54(64)53(63)52(62)50(45-58)67-56)57-55(65)49(60)44-42-40-38-36-34-32-30-28-26-24-22-20-18-16-14-12-10-8-6-4-2/h35,37,47-54,56,58-64H,3-34,36,38-46H2,1-2H3,(H,57,65)/b37-35+. The number of rotatable bonds is 49. The molecule has 398 valence electrons. The quantitative estimate of drug-likeness (QED) is 0.0215. The van der Waals surface area contributed by atoms with Crippen LogP contribution in [0.4, 0.5) is 0 Å². The molecule has 1 aliphatic heterocycles. The molecule has 1 saturated heterocycles. The van der Waals surface area contributed by atoms with Gasteiger partial charge in [-0.3, -0.25) is 4.79 Å². The Kier molecular flexibility index (Phi) is 43.8. The van der Waals surface area contributed by atoms with Crippen molar-refractivity contribution in [3.8, 4) is 0 Å². The van der Waals surface area contributed by atoms with Gasteiger partial charge in [0.25, 0.3) is 0 Å². The van der Waals surface area contributed by atoms with Gasteiger partial charge in [0.1, 0.15) is 36.6 Å². The molecule has 1 aliphatic rings. The fraction of sp³-hybridized carbons (Fsp3) is 0.946. The number of unbranched alkanes of at least 4 members (excludes halogenated alkanes) is 35. The lowest BCUT2D eigenvalue weighted by Gasteiger charge is -2.40. The van der Waals surface area contributed by atoms with Crippen molar-refractivity contribution in [1.29, 1.82) is 0 Å². The molecule has 9 unspecified atom stereocenters. The van der Waals surface area contributed by atoms with E-state index in [1.165, 1.54) is 193 Å². The SMILES string of the molecule is CCCCCCCCCCCCCCCCC/C=C/CCCC(O)C(O)C(COC1OC(CO)C(O)C(O)C1O)NC(=O)C(O)CCCCCCCCCCCCCCCCCCCCCC. The minimum absolute atomic E-state index is 0.259. The number of carbonyl (C=O) groups is 1. The first-order valence-corrected chi connectivity index (χ1v) is 28.6. The first-order valence-electron chi connectivity index (χ1n) is 28.6. The Morgan fingerprint density at radius 1 is 0.507 bits per heavy atom. The summed E-state index contributed by atoms with van der Waals surface area (Å²) in [6.07, 6.45) is 41.2. The lowest BCUT2D eigenvalue weighted by atomic mass is 9.98. The molecular formula is C56H109NO10. The third kappa shape index (κ3) is 34.8. The van der Waals surface area contributed by atoms with Crippen molar-refractivity contribution in [3.05, 3.63) is 12.2 Å². The maximum Gasteiger partial charge on any atom is 0.249 e. The van der Waals surface area contributed by atoms with Gasteiger partial charge in [-0.15, -0.1) is 0 Å². The summed E-state index contributed by atoms with van der Waals surface area (Å²) in [4.78, 5) is 13.2. The molecule has 0 bridgehead atoms. The van der Waals surface area contributed by atoms with E-state index in [-0.39, 0.29) is 12.8 Å². The predicted octanol–water partition coefficient (Wildman–Crippen LogP) is 11.6. The van der Waals surface area contributed by atoms with Gasteiger partial charge in [-0.25, -0.2) is 0 Å². The molecule has 67 heavy (non-hydrogen) atoms. The number of nitrogens with one attached hydrogen (secondary N) is 1. The Balaban J connectivity index is 2.34. The van der Waals surface area contributed by atoms with Gasteiger partial charge in [0.05, 0.1) is 25.4 Å². The van der Waals surface area contributed by atoms with E-state index in [9.17, 15) is 40.5 Å². The maximum atomic E-state index is 13.2. The zero-order valence-electron chi connectivity index (χ0n) is 43.4. The second-order valence-corrected chi connectivity index (χ2v) is 20.4. The fourth-order valence-corrected chi connectivity index (χ4v) is 9.39. The highest BCUT2D eigenvalue weighted by Crippen LogP contribution is 2.23. The van der Waals surface area contributed by atoms with Gasteiger partial charge in [0, 0.05) is 0 Å². The van der Waals surface area contributed by atoms with Crippen LogP contribution in [0.1, 0.15) is 271 Å². The molecule has 0 aromatic heterocycles. The number of ether oxygens (including phenoxy) is 2. The molecule has 0 aliphatic carbocycles. The van der Waals surface area contributed by atoms with Crippen molar-refractivity contribution < 1.29 is 50.0 Å². The molecule has 11 nitrogen and oxygen atoms in total. The van der Waals surface area contributed by atoms with E-state index in [0.29, 0.717) is 12.8 Å². The maximum absolute atomic E-state index is 13.2. The summed E-state index contributed by atoms with van der Waals surface area (Å²) < 4.78 is 11.1. The largest absolute Gasteiger partial charge is 0.394 e. The Bertz CT molecular complexity index is 1100. The molecule has 1 heterocycles. The molecule has 0 aromatic carbocycles. The van der Waals surface area contributed by atoms with Crippen molar-refractivity contribution in [3.63, 3.8) is 0 Å². The van der Waals surface area contributed by atoms with Crippen molar-refractivity contribution in [2.24, 2.45) is 0 Å². The predicted molar refractivity (Wildman–Crippen MR) is 275 cm³/mol. The van der Waals surface area contributed by atoms with Crippen LogP contribution in [0.15, 0.2) is 12.2 Å². The Morgan fingerprint density at radius 2 is 0.881 bits per heavy atom. The van der Waals surface area contributed by atoms with Crippen LogP contribution in [0.5, 0.6) is 0 Å². The average Bonchev–Trinajstić information content (AvgIpc) is 3.33. The van der Waals surface area contributed by atoms with Gasteiger partial charge in [-0.2, -0.15) is 0 Å². The topological polar surface area (TPSA) is 189 Å². The molecule has 0 saturated carbocycles. The van der Waals surface area contributed by atoms with Crippen LogP contribution in [0.2, 0.25) is 0 Å². The minimum Gasteiger partial charge on any atom is -0.394 e. The normalized spacial score (nSPS) is 20.6. The number of allylic oxidation sites excluding steroid dienone is 2. The van der Waals surface area contributed by atoms with Crippen LogP contribution in [-0.4, -0.2) is 110 Å². The fourth-order valence-electron chi connectivity index (χ4n) is 9.39. The number of aliphatic hydroxyl groups is 7. The highest BCUT2D eigenvalue weighted by atomic mass is 16.7. The van der Waals surface area contributed by atoms with Gasteiger partial charge in [-0.05, 0) is 38.5 Å². The van der Waals surface area contributed by atoms with Crippen molar-refractivity contribution in [2.75, 3.05) is 13.2 Å². The third-order valence-electron chi connectivity index (χ3n) is 14.1. The highest BCUT2D eigenvalue weighted by molar-refractivity contribution is 5.80. The van der Waals surface area contributed by atoms with E-state index in [4.69, 9.17) is 9.47 Å². The number of aliphatic hydroxyl groups excluding tert-OH is 7. The average molecular weight is 956 g/mol. The number of hydrogen-bond acceptors (Lipinski definition) is 10. The summed E-state index contributed by atoms with van der Waals surface area (Å²) in [7, 11) is 0. The number of carbonyl (C=O) groups excluding carboxylic acids is 1. The Morgan fingerprint density at radius 3 is 1.28 bits per heavy atom. The van der Waals surface area contributed by atoms with Crippen LogP contribution < -0.4 is 5.32 Å². The van der Waals surface area contributed by atoms with Crippen LogP contribution >= 0.6 is 0 Å². The molecule has 0 aromatic rings. The van der Waals surface area contributed by atoms with Crippen molar-refractivity contribution in [1.82, 2.24) is 5.32 Å². The van der Waals surface area contributed by atoms with E-state index < -0.39 is 74.2 Å². The smallest absolute Gasteiger partial charge is 0.249 e. The van der Waals surface area contributed by atoms with E-state index in [1.54, 1.807) is 0 Å². The van der Waals surface area contributed by atoms with Gasteiger partial charge in [-0.1, -0.05) is 244 Å². The summed E-state index contributed by atoms with van der Waals surface area (Å²) >= 11 is 0. The van der Waals surface area contributed by atoms with Gasteiger partial charge in [0.15, 0.2) is 6.29 Å². The summed E-state index contributed by atoms with van der Waals surface area (Å²) in [5, 5.41) is 76.1. The van der Waals surface area contributed by atoms with Crippen LogP contribution in [0.3, 0.4) is 0 Å². The van der Waals surface area contributed by atoms with Crippen LogP contribution in [0, 0.1) is 0 Å². The lowest BCUT2D eigenvalue weighted by molar-refractivity contribution is -0.303. The highest BCUT2D eigenvalue weighted by Gasteiger charge is 2.44. The van der Waals surface area contributed by atoms with Gasteiger partial charge in [0.2, 0.25) is 5.91 Å². The van der Waals surface area contributed by atoms with Gasteiger partial charge < -0.3 is 50.5 Å². The molecule has 1 rings (SSSR count). The molecule has 8 N–H and O–H groups in total. The summed E-state index contributed by atoms with van der Waals surface area (Å²) in [5.41, 5.74) is 0. The molecule has 9 atom stereocenters. The third-order valence-corrected chi connectivity index (χ3v) is 14.1. The molecule has 11 heteroatoms. The lowest BCUT2D eigenvalue weighted by Crippen LogP contribution is -2.60. The first-order chi connectivity index (χ1) is 32.7. The Labute approximate surface area is 411 Å². The van der Waals surface area contributed by atoms with Crippen molar-refractivity contribution >= 4 is 5.91 Å². The monoisotopic (exact) mass is 956 g/mol. The first kappa shape index (κ1) is 63.9. The van der Waals surface area contributed by atoms with Crippen molar-refractivity contribution in [2.45, 2.75) is 326 Å². The second-order valence-electron chi connectivity index (χ2n) is 20.4. The molecule has 0 spiro atoms. The number of hydrogen-bond donors (Lipinski definition) is 8. The van der Waals surface area contributed by atoms with Crippen LogP contribution in [-0.2, 0) is 14.3 Å². The summed E-state index contributed by atoms with van der Waals surface area (Å²) in [5.74, 6) is -0.701. The number of amides is 1.